The number of aryl methyl sites for hydroxylation is 2. The Kier molecular flexibility index (Phi) is 4.05. The molecular formula is C25H15NO3S. The summed E-state index contributed by atoms with van der Waals surface area (Å²) in [7, 11) is 0. The van der Waals surface area contributed by atoms with Gasteiger partial charge >= 0.3 is 0 Å². The molecule has 4 nitrogen and oxygen atoms in total. The summed E-state index contributed by atoms with van der Waals surface area (Å²) < 4.78 is 6.88. The van der Waals surface area contributed by atoms with Crippen LogP contribution in [0.15, 0.2) is 58.5 Å². The molecule has 2 heterocycles. The zero-order chi connectivity index (χ0) is 21.0. The van der Waals surface area contributed by atoms with Crippen LogP contribution in [0.2, 0.25) is 0 Å². The van der Waals surface area contributed by atoms with Crippen LogP contribution in [-0.2, 0) is 0 Å². The second-order valence-corrected chi connectivity index (χ2v) is 8.49. The minimum absolute atomic E-state index is 0.200. The fraction of sp³-hybridized carbons (Fsp3) is 0.0800. The summed E-state index contributed by atoms with van der Waals surface area (Å²) in [5, 5.41) is 8.92. The number of hydrogen-bond donors (Lipinski definition) is 0. The Balaban J connectivity index is 1.49. The maximum atomic E-state index is 12.8. The Bertz CT molecular complexity index is 1370. The lowest BCUT2D eigenvalue weighted by Gasteiger charge is -2.01. The number of furan rings is 1. The van der Waals surface area contributed by atoms with Crippen molar-refractivity contribution in [3.63, 3.8) is 0 Å². The molecule has 0 unspecified atom stereocenters. The summed E-state index contributed by atoms with van der Waals surface area (Å²) >= 11 is 1.47. The van der Waals surface area contributed by atoms with Crippen LogP contribution in [0.1, 0.15) is 42.3 Å². The molecule has 0 N–H and O–H groups in total. The molecule has 0 saturated heterocycles. The molecule has 5 heteroatoms. The molecule has 5 rings (SSSR count). The van der Waals surface area contributed by atoms with Crippen LogP contribution in [0.25, 0.3) is 27.7 Å². The molecule has 0 aliphatic heterocycles. The first-order chi connectivity index (χ1) is 14.4. The van der Waals surface area contributed by atoms with E-state index in [1.54, 1.807) is 30.3 Å². The average Bonchev–Trinajstić information content (AvgIpc) is 3.37. The zero-order valence-corrected chi connectivity index (χ0v) is 17.1. The highest BCUT2D eigenvalue weighted by Crippen LogP contribution is 2.36. The van der Waals surface area contributed by atoms with Crippen LogP contribution in [0.3, 0.4) is 0 Å². The predicted molar refractivity (Wildman–Crippen MR) is 117 cm³/mol. The number of hydrogen-bond acceptors (Lipinski definition) is 5. The largest absolute Gasteiger partial charge is 0.455 e. The molecule has 0 bridgehead atoms. The quantitative estimate of drug-likeness (QED) is 0.296. The van der Waals surface area contributed by atoms with Crippen molar-refractivity contribution in [3.05, 3.63) is 86.8 Å². The van der Waals surface area contributed by atoms with Gasteiger partial charge in [0.15, 0.2) is 11.6 Å². The van der Waals surface area contributed by atoms with E-state index in [9.17, 15) is 9.59 Å². The molecule has 4 aromatic rings. The van der Waals surface area contributed by atoms with Gasteiger partial charge in [-0.3, -0.25) is 9.59 Å². The van der Waals surface area contributed by atoms with Crippen molar-refractivity contribution in [2.45, 2.75) is 13.8 Å². The van der Waals surface area contributed by atoms with Crippen LogP contribution in [-0.4, -0.2) is 11.6 Å². The second kappa shape index (κ2) is 6.65. The van der Waals surface area contributed by atoms with E-state index in [1.165, 1.54) is 11.3 Å². The van der Waals surface area contributed by atoms with Gasteiger partial charge in [0.1, 0.15) is 11.3 Å². The predicted octanol–water partition coefficient (Wildman–Crippen LogP) is 6.11. The van der Waals surface area contributed by atoms with Gasteiger partial charge in [0.05, 0.1) is 21.9 Å². The van der Waals surface area contributed by atoms with Gasteiger partial charge in [-0.25, -0.2) is 0 Å². The lowest BCUT2D eigenvalue weighted by atomic mass is 10.0. The average molecular weight is 409 g/mol. The smallest absolute Gasteiger partial charge is 0.197 e. The van der Waals surface area contributed by atoms with Crippen LogP contribution in [0, 0.1) is 25.2 Å². The monoisotopic (exact) mass is 409 g/mol. The van der Waals surface area contributed by atoms with Crippen LogP contribution >= 0.6 is 11.3 Å². The minimum atomic E-state index is -0.221. The van der Waals surface area contributed by atoms with E-state index in [0.717, 1.165) is 26.3 Å². The molecule has 1 aliphatic carbocycles. The minimum Gasteiger partial charge on any atom is -0.455 e. The highest BCUT2D eigenvalue weighted by molar-refractivity contribution is 7.19. The number of ketones is 2. The molecule has 2 aromatic carbocycles. The van der Waals surface area contributed by atoms with Gasteiger partial charge in [0.25, 0.3) is 0 Å². The molecule has 30 heavy (non-hydrogen) atoms. The molecule has 0 amide bonds. The van der Waals surface area contributed by atoms with Gasteiger partial charge < -0.3 is 4.42 Å². The number of Topliss-reactive ketones (excluding diaryl/α,β-unsaturated/α-hetero) is 2. The van der Waals surface area contributed by atoms with Crippen molar-refractivity contribution in [1.29, 1.82) is 5.26 Å². The Morgan fingerprint density at radius 2 is 1.57 bits per heavy atom. The van der Waals surface area contributed by atoms with Crippen molar-refractivity contribution in [2.75, 3.05) is 0 Å². The highest BCUT2D eigenvalue weighted by Gasteiger charge is 2.33. The number of allylic oxidation sites excluding steroid dienone is 1. The molecule has 0 fully saturated rings. The molecule has 0 spiro atoms. The SMILES string of the molecule is Cc1cc2c(cc1C)C(=O)C(=Cc1cc3oc(-c4ccc(C#N)cc4)cc3s1)C2=O. The Morgan fingerprint density at radius 1 is 0.933 bits per heavy atom. The van der Waals surface area contributed by atoms with Crippen molar-refractivity contribution in [1.82, 2.24) is 0 Å². The number of nitriles is 1. The zero-order valence-electron chi connectivity index (χ0n) is 16.3. The third-order valence-corrected chi connectivity index (χ3v) is 6.43. The van der Waals surface area contributed by atoms with Crippen molar-refractivity contribution in [2.24, 2.45) is 0 Å². The highest BCUT2D eigenvalue weighted by atomic mass is 32.1. The molecule has 0 saturated carbocycles. The third kappa shape index (κ3) is 2.81. The number of carbonyl (C=O) groups excluding carboxylic acids is 2. The van der Waals surface area contributed by atoms with Crippen molar-refractivity contribution >= 4 is 39.3 Å². The van der Waals surface area contributed by atoms with E-state index in [1.807, 2.05) is 38.1 Å². The van der Waals surface area contributed by atoms with Gasteiger partial charge in [-0.15, -0.1) is 11.3 Å². The summed E-state index contributed by atoms with van der Waals surface area (Å²) in [6, 6.07) is 16.7. The number of rotatable bonds is 2. The molecule has 144 valence electrons. The summed E-state index contributed by atoms with van der Waals surface area (Å²) in [4.78, 5) is 26.4. The maximum Gasteiger partial charge on any atom is 0.197 e. The third-order valence-electron chi connectivity index (χ3n) is 5.42. The maximum absolute atomic E-state index is 12.8. The topological polar surface area (TPSA) is 71.1 Å². The van der Waals surface area contributed by atoms with E-state index in [-0.39, 0.29) is 17.1 Å². The lowest BCUT2D eigenvalue weighted by molar-refractivity contribution is 0.0990. The fourth-order valence-corrected chi connectivity index (χ4v) is 4.60. The summed E-state index contributed by atoms with van der Waals surface area (Å²) in [5.74, 6) is 0.272. The van der Waals surface area contributed by atoms with E-state index < -0.39 is 0 Å². The van der Waals surface area contributed by atoms with Gasteiger partial charge in [0.2, 0.25) is 0 Å². The number of thiophene rings is 1. The fourth-order valence-electron chi connectivity index (χ4n) is 3.64. The first-order valence-corrected chi connectivity index (χ1v) is 10.2. The normalized spacial score (nSPS) is 13.0. The van der Waals surface area contributed by atoms with Gasteiger partial charge in [-0.1, -0.05) is 0 Å². The van der Waals surface area contributed by atoms with Gasteiger partial charge in [-0.2, -0.15) is 5.26 Å². The van der Waals surface area contributed by atoms with E-state index in [0.29, 0.717) is 28.0 Å². The van der Waals surface area contributed by atoms with E-state index >= 15 is 0 Å². The Hall–Kier alpha value is -3.75. The van der Waals surface area contributed by atoms with E-state index in [2.05, 4.69) is 6.07 Å². The van der Waals surface area contributed by atoms with Crippen LogP contribution in [0.5, 0.6) is 0 Å². The number of benzene rings is 2. The number of fused-ring (bicyclic) bond motifs is 2. The Labute approximate surface area is 176 Å². The number of nitrogens with zero attached hydrogens (tertiary/aromatic N) is 1. The second-order valence-electron chi connectivity index (χ2n) is 7.38. The van der Waals surface area contributed by atoms with Crippen LogP contribution in [0.4, 0.5) is 0 Å². The summed E-state index contributed by atoms with van der Waals surface area (Å²) in [6.07, 6.45) is 1.66. The molecule has 0 radical (unpaired) electrons. The van der Waals surface area contributed by atoms with Gasteiger partial charge in [0, 0.05) is 27.6 Å². The number of carbonyl (C=O) groups is 2. The molecule has 0 atom stereocenters. The lowest BCUT2D eigenvalue weighted by Crippen LogP contribution is -1.99. The van der Waals surface area contributed by atoms with Crippen molar-refractivity contribution < 1.29 is 14.0 Å². The first-order valence-electron chi connectivity index (χ1n) is 9.41. The summed E-state index contributed by atoms with van der Waals surface area (Å²) in [5.41, 5.74) is 5.35. The standard InChI is InChI=1S/C25H15NO3S/c1-13-7-18-19(8-14(13)2)25(28)20(24(18)27)9-17-10-22-23(30-17)11-21(29-22)16-5-3-15(12-26)4-6-16/h3-11H,1-2H3. The molecular weight excluding hydrogens is 394 g/mol. The van der Waals surface area contributed by atoms with E-state index in [4.69, 9.17) is 9.68 Å². The molecule has 1 aliphatic rings. The molecule has 2 aromatic heterocycles. The van der Waals surface area contributed by atoms with Crippen molar-refractivity contribution in [3.8, 4) is 17.4 Å². The summed E-state index contributed by atoms with van der Waals surface area (Å²) in [6.45, 7) is 3.88. The van der Waals surface area contributed by atoms with Gasteiger partial charge in [-0.05, 0) is 73.5 Å². The van der Waals surface area contributed by atoms with Crippen LogP contribution < -0.4 is 0 Å². The first kappa shape index (κ1) is 18.3. The Morgan fingerprint density at radius 3 is 2.13 bits per heavy atom.